The topological polar surface area (TPSA) is 62.2 Å². The van der Waals surface area contributed by atoms with Crippen molar-refractivity contribution in [1.29, 1.82) is 0 Å². The molecule has 6 heteroatoms. The number of hydrogen-bond donors (Lipinski definition) is 2. The first-order chi connectivity index (χ1) is 6.59. The van der Waals surface area contributed by atoms with Gasteiger partial charge in [0.25, 0.3) is 6.43 Å². The van der Waals surface area contributed by atoms with Gasteiger partial charge in [0.2, 0.25) is 0 Å². The van der Waals surface area contributed by atoms with E-state index in [0.29, 0.717) is 0 Å². The van der Waals surface area contributed by atoms with E-state index < -0.39 is 18.9 Å². The standard InChI is InChI=1S/C8H8F2N2O2/c9-6(10)4-12-7-3-5(8(13)14)1-2-11-7/h1-3,6H,4H2,(H,11,12)(H,13,14). The highest BCUT2D eigenvalue weighted by Crippen LogP contribution is 2.07. The second-order valence-electron chi connectivity index (χ2n) is 2.51. The molecule has 0 saturated carbocycles. The number of nitrogens with zero attached hydrogens (tertiary/aromatic N) is 1. The number of anilines is 1. The predicted molar refractivity (Wildman–Crippen MR) is 45.7 cm³/mol. The fourth-order valence-electron chi connectivity index (χ4n) is 0.842. The molecular weight excluding hydrogens is 194 g/mol. The van der Waals surface area contributed by atoms with Crippen molar-refractivity contribution in [2.24, 2.45) is 0 Å². The molecule has 0 unspecified atom stereocenters. The Morgan fingerprint density at radius 2 is 2.36 bits per heavy atom. The van der Waals surface area contributed by atoms with Crippen LogP contribution in [0.2, 0.25) is 0 Å². The van der Waals surface area contributed by atoms with Crippen LogP contribution in [0, 0.1) is 0 Å². The smallest absolute Gasteiger partial charge is 0.335 e. The quantitative estimate of drug-likeness (QED) is 0.775. The van der Waals surface area contributed by atoms with E-state index in [4.69, 9.17) is 5.11 Å². The monoisotopic (exact) mass is 202 g/mol. The predicted octanol–water partition coefficient (Wildman–Crippen LogP) is 1.46. The molecule has 0 saturated heterocycles. The number of pyridine rings is 1. The summed E-state index contributed by atoms with van der Waals surface area (Å²) < 4.78 is 23.5. The zero-order valence-corrected chi connectivity index (χ0v) is 7.08. The highest BCUT2D eigenvalue weighted by molar-refractivity contribution is 5.88. The number of rotatable bonds is 4. The van der Waals surface area contributed by atoms with Crippen LogP contribution in [0.1, 0.15) is 10.4 Å². The lowest BCUT2D eigenvalue weighted by atomic mass is 10.2. The number of halogens is 2. The van der Waals surface area contributed by atoms with Gasteiger partial charge in [0.1, 0.15) is 5.82 Å². The Kier molecular flexibility index (Phi) is 3.33. The minimum absolute atomic E-state index is 0.0109. The summed E-state index contributed by atoms with van der Waals surface area (Å²) in [5.41, 5.74) is 0.0109. The number of carboxylic acid groups (broad SMARTS) is 1. The largest absolute Gasteiger partial charge is 0.478 e. The minimum Gasteiger partial charge on any atom is -0.478 e. The number of aromatic carboxylic acids is 1. The molecule has 0 atom stereocenters. The number of carboxylic acids is 1. The normalized spacial score (nSPS) is 10.2. The molecular formula is C8H8F2N2O2. The van der Waals surface area contributed by atoms with Crippen LogP contribution in [-0.4, -0.2) is 29.0 Å². The summed E-state index contributed by atoms with van der Waals surface area (Å²) in [5, 5.41) is 10.9. The number of nitrogens with one attached hydrogen (secondary N) is 1. The van der Waals surface area contributed by atoms with Crippen molar-refractivity contribution in [2.45, 2.75) is 6.43 Å². The fraction of sp³-hybridized carbons (Fsp3) is 0.250. The van der Waals surface area contributed by atoms with E-state index in [0.717, 1.165) is 0 Å². The van der Waals surface area contributed by atoms with E-state index in [1.165, 1.54) is 18.3 Å². The molecule has 0 aliphatic heterocycles. The molecule has 0 radical (unpaired) electrons. The highest BCUT2D eigenvalue weighted by Gasteiger charge is 2.05. The van der Waals surface area contributed by atoms with Gasteiger partial charge in [-0.1, -0.05) is 0 Å². The van der Waals surface area contributed by atoms with E-state index in [2.05, 4.69) is 10.3 Å². The van der Waals surface area contributed by atoms with Crippen LogP contribution in [0.15, 0.2) is 18.3 Å². The lowest BCUT2D eigenvalue weighted by Gasteiger charge is -2.04. The first-order valence-electron chi connectivity index (χ1n) is 3.81. The Morgan fingerprint density at radius 1 is 1.64 bits per heavy atom. The average Bonchev–Trinajstić information content (AvgIpc) is 2.15. The molecule has 0 aliphatic rings. The Balaban J connectivity index is 2.69. The van der Waals surface area contributed by atoms with Gasteiger partial charge in [0, 0.05) is 6.20 Å². The van der Waals surface area contributed by atoms with Gasteiger partial charge < -0.3 is 10.4 Å². The molecule has 1 rings (SSSR count). The molecule has 14 heavy (non-hydrogen) atoms. The number of aromatic nitrogens is 1. The lowest BCUT2D eigenvalue weighted by molar-refractivity contribution is 0.0697. The Bertz CT molecular complexity index is 331. The van der Waals surface area contributed by atoms with Crippen molar-refractivity contribution < 1.29 is 18.7 Å². The molecule has 0 bridgehead atoms. The van der Waals surface area contributed by atoms with Crippen molar-refractivity contribution in [1.82, 2.24) is 4.98 Å². The van der Waals surface area contributed by atoms with Gasteiger partial charge in [-0.2, -0.15) is 0 Å². The number of hydrogen-bond acceptors (Lipinski definition) is 3. The van der Waals surface area contributed by atoms with Gasteiger partial charge in [0.15, 0.2) is 0 Å². The van der Waals surface area contributed by atoms with Crippen molar-refractivity contribution in [3.63, 3.8) is 0 Å². The summed E-state index contributed by atoms with van der Waals surface area (Å²) in [6, 6.07) is 2.49. The van der Waals surface area contributed by atoms with Crippen molar-refractivity contribution in [3.05, 3.63) is 23.9 Å². The van der Waals surface area contributed by atoms with Gasteiger partial charge in [0.05, 0.1) is 12.1 Å². The molecule has 1 aromatic rings. The number of alkyl halides is 2. The van der Waals surface area contributed by atoms with Crippen LogP contribution >= 0.6 is 0 Å². The van der Waals surface area contributed by atoms with Crippen molar-refractivity contribution in [3.8, 4) is 0 Å². The molecule has 1 aromatic heterocycles. The maximum atomic E-state index is 11.8. The van der Waals surface area contributed by atoms with E-state index in [1.54, 1.807) is 0 Å². The van der Waals surface area contributed by atoms with Crippen LogP contribution < -0.4 is 5.32 Å². The molecule has 0 spiro atoms. The molecule has 0 fully saturated rings. The maximum absolute atomic E-state index is 11.8. The van der Waals surface area contributed by atoms with Crippen LogP contribution in [0.4, 0.5) is 14.6 Å². The zero-order valence-electron chi connectivity index (χ0n) is 7.08. The molecule has 1 heterocycles. The zero-order chi connectivity index (χ0) is 10.6. The second kappa shape index (κ2) is 4.50. The molecule has 4 nitrogen and oxygen atoms in total. The maximum Gasteiger partial charge on any atom is 0.335 e. The second-order valence-corrected chi connectivity index (χ2v) is 2.51. The summed E-state index contributed by atoms with van der Waals surface area (Å²) in [6.45, 7) is -0.546. The van der Waals surface area contributed by atoms with Crippen LogP contribution in [0.25, 0.3) is 0 Å². The molecule has 76 valence electrons. The average molecular weight is 202 g/mol. The summed E-state index contributed by atoms with van der Waals surface area (Å²) in [4.78, 5) is 14.2. The summed E-state index contributed by atoms with van der Waals surface area (Å²) in [7, 11) is 0. The van der Waals surface area contributed by atoms with Gasteiger partial charge in [-0.25, -0.2) is 18.6 Å². The third kappa shape index (κ3) is 2.96. The Hall–Kier alpha value is -1.72. The van der Waals surface area contributed by atoms with E-state index in [1.807, 2.05) is 0 Å². The minimum atomic E-state index is -2.50. The van der Waals surface area contributed by atoms with Gasteiger partial charge in [-0.15, -0.1) is 0 Å². The first kappa shape index (κ1) is 10.4. The third-order valence-corrected chi connectivity index (χ3v) is 1.44. The van der Waals surface area contributed by atoms with Gasteiger partial charge in [-0.3, -0.25) is 0 Å². The Labute approximate surface area is 78.6 Å². The Morgan fingerprint density at radius 3 is 2.93 bits per heavy atom. The van der Waals surface area contributed by atoms with Crippen LogP contribution in [0.5, 0.6) is 0 Å². The summed E-state index contributed by atoms with van der Waals surface area (Å²) in [5.74, 6) is -0.988. The summed E-state index contributed by atoms with van der Waals surface area (Å²) >= 11 is 0. The lowest BCUT2D eigenvalue weighted by Crippen LogP contribution is -2.11. The van der Waals surface area contributed by atoms with E-state index in [-0.39, 0.29) is 11.4 Å². The summed E-state index contributed by atoms with van der Waals surface area (Å²) in [6.07, 6.45) is -1.25. The van der Waals surface area contributed by atoms with Gasteiger partial charge in [-0.05, 0) is 12.1 Å². The SMILES string of the molecule is O=C(O)c1ccnc(NCC(F)F)c1. The van der Waals surface area contributed by atoms with Crippen LogP contribution in [-0.2, 0) is 0 Å². The van der Waals surface area contributed by atoms with E-state index in [9.17, 15) is 13.6 Å². The number of carbonyl (C=O) groups is 1. The fourth-order valence-corrected chi connectivity index (χ4v) is 0.842. The van der Waals surface area contributed by atoms with Crippen LogP contribution in [0.3, 0.4) is 0 Å². The molecule has 0 aromatic carbocycles. The highest BCUT2D eigenvalue weighted by atomic mass is 19.3. The molecule has 2 N–H and O–H groups in total. The van der Waals surface area contributed by atoms with Crippen molar-refractivity contribution in [2.75, 3.05) is 11.9 Å². The first-order valence-corrected chi connectivity index (χ1v) is 3.81. The van der Waals surface area contributed by atoms with Crippen molar-refractivity contribution >= 4 is 11.8 Å². The third-order valence-electron chi connectivity index (χ3n) is 1.44. The van der Waals surface area contributed by atoms with E-state index >= 15 is 0 Å². The van der Waals surface area contributed by atoms with Gasteiger partial charge >= 0.3 is 5.97 Å². The molecule has 0 aliphatic carbocycles. The molecule has 0 amide bonds.